The van der Waals surface area contributed by atoms with E-state index in [2.05, 4.69) is 10.3 Å². The van der Waals surface area contributed by atoms with Gasteiger partial charge in [0.05, 0.1) is 0 Å². The Balaban J connectivity index is 2.27. The number of aliphatic carboxylic acids is 1. The number of aromatic nitrogens is 3. The molecule has 2 aromatic rings. The molecule has 2 rings (SSSR count). The maximum atomic E-state index is 11.1. The number of carbonyl (C=O) groups is 2. The van der Waals surface area contributed by atoms with Crippen molar-refractivity contribution in [2.75, 3.05) is 0 Å². The lowest BCUT2D eigenvalue weighted by atomic mass is 10.1. The predicted octanol–water partition coefficient (Wildman–Crippen LogP) is 1.26. The smallest absolute Gasteiger partial charge is 0.358 e. The van der Waals surface area contributed by atoms with Gasteiger partial charge in [-0.1, -0.05) is 17.3 Å². The van der Waals surface area contributed by atoms with Crippen LogP contribution in [0.2, 0.25) is 0 Å². The SMILES string of the molecule is Cc1ccc(C)c(OCc2c(C(=O)O)nnn2CC(=O)O)c1. The molecule has 116 valence electrons. The monoisotopic (exact) mass is 305 g/mol. The molecule has 0 bridgehead atoms. The van der Waals surface area contributed by atoms with Gasteiger partial charge in [0, 0.05) is 0 Å². The first-order valence-corrected chi connectivity index (χ1v) is 6.46. The fourth-order valence-electron chi connectivity index (χ4n) is 1.91. The molecule has 1 aromatic heterocycles. The van der Waals surface area contributed by atoms with Crippen molar-refractivity contribution < 1.29 is 24.5 Å². The highest BCUT2D eigenvalue weighted by atomic mass is 16.5. The van der Waals surface area contributed by atoms with Gasteiger partial charge in [-0.3, -0.25) is 4.79 Å². The lowest BCUT2D eigenvalue weighted by Crippen LogP contribution is -2.16. The van der Waals surface area contributed by atoms with E-state index in [0.717, 1.165) is 15.8 Å². The van der Waals surface area contributed by atoms with Crippen LogP contribution in [-0.2, 0) is 17.9 Å². The van der Waals surface area contributed by atoms with Crippen LogP contribution in [0.5, 0.6) is 5.75 Å². The molecule has 2 N–H and O–H groups in total. The second-order valence-corrected chi connectivity index (χ2v) is 4.80. The Morgan fingerprint density at radius 1 is 1.27 bits per heavy atom. The molecule has 0 fully saturated rings. The first kappa shape index (κ1) is 15.5. The number of aromatic carboxylic acids is 1. The quantitative estimate of drug-likeness (QED) is 0.825. The number of carboxylic acid groups (broad SMARTS) is 2. The second-order valence-electron chi connectivity index (χ2n) is 4.80. The van der Waals surface area contributed by atoms with Crippen molar-refractivity contribution in [2.24, 2.45) is 0 Å². The zero-order valence-corrected chi connectivity index (χ0v) is 12.1. The molecule has 0 atom stereocenters. The molecule has 0 saturated heterocycles. The number of aryl methyl sites for hydroxylation is 2. The number of rotatable bonds is 6. The lowest BCUT2D eigenvalue weighted by molar-refractivity contribution is -0.138. The van der Waals surface area contributed by atoms with E-state index >= 15 is 0 Å². The minimum atomic E-state index is -1.28. The second kappa shape index (κ2) is 6.25. The van der Waals surface area contributed by atoms with Crippen molar-refractivity contribution in [2.45, 2.75) is 27.0 Å². The third-order valence-electron chi connectivity index (χ3n) is 3.03. The predicted molar refractivity (Wildman–Crippen MR) is 74.9 cm³/mol. The molecule has 8 heteroatoms. The van der Waals surface area contributed by atoms with Gasteiger partial charge in [-0.05, 0) is 31.0 Å². The standard InChI is InChI=1S/C14H15N3O5/c1-8-3-4-9(2)11(5-8)22-7-10-13(14(20)21)15-16-17(10)6-12(18)19/h3-5H,6-7H2,1-2H3,(H,18,19)(H,20,21). The summed E-state index contributed by atoms with van der Waals surface area (Å²) in [4.78, 5) is 21.9. The number of nitrogens with zero attached hydrogens (tertiary/aromatic N) is 3. The minimum Gasteiger partial charge on any atom is -0.487 e. The Hall–Kier alpha value is -2.90. The van der Waals surface area contributed by atoms with E-state index in [0.29, 0.717) is 5.75 Å². The topological polar surface area (TPSA) is 115 Å². The van der Waals surface area contributed by atoms with E-state index in [1.54, 1.807) is 0 Å². The van der Waals surface area contributed by atoms with Gasteiger partial charge < -0.3 is 14.9 Å². The average Bonchev–Trinajstić information content (AvgIpc) is 2.82. The zero-order valence-electron chi connectivity index (χ0n) is 12.1. The zero-order chi connectivity index (χ0) is 16.3. The highest BCUT2D eigenvalue weighted by molar-refractivity contribution is 5.86. The molecule has 22 heavy (non-hydrogen) atoms. The largest absolute Gasteiger partial charge is 0.487 e. The maximum Gasteiger partial charge on any atom is 0.358 e. The molecule has 1 heterocycles. The Morgan fingerprint density at radius 2 is 2.00 bits per heavy atom. The van der Waals surface area contributed by atoms with Gasteiger partial charge in [-0.2, -0.15) is 0 Å². The van der Waals surface area contributed by atoms with Crippen molar-refractivity contribution in [3.8, 4) is 5.75 Å². The van der Waals surface area contributed by atoms with Crippen LogP contribution < -0.4 is 4.74 Å². The van der Waals surface area contributed by atoms with E-state index in [1.165, 1.54) is 0 Å². The van der Waals surface area contributed by atoms with Crippen LogP contribution in [0.4, 0.5) is 0 Å². The van der Waals surface area contributed by atoms with E-state index in [1.807, 2.05) is 32.0 Å². The number of hydrogen-bond donors (Lipinski definition) is 2. The lowest BCUT2D eigenvalue weighted by Gasteiger charge is -2.11. The molecule has 0 aliphatic carbocycles. The van der Waals surface area contributed by atoms with Gasteiger partial charge in [-0.25, -0.2) is 9.48 Å². The Labute approximate surface area is 125 Å². The number of benzene rings is 1. The molecule has 0 amide bonds. The van der Waals surface area contributed by atoms with Gasteiger partial charge in [-0.15, -0.1) is 5.10 Å². The van der Waals surface area contributed by atoms with Gasteiger partial charge >= 0.3 is 11.9 Å². The van der Waals surface area contributed by atoms with Gasteiger partial charge in [0.2, 0.25) is 0 Å². The Kier molecular flexibility index (Phi) is 4.40. The summed E-state index contributed by atoms with van der Waals surface area (Å²) in [5.74, 6) is -1.83. The molecular formula is C14H15N3O5. The summed E-state index contributed by atoms with van der Waals surface area (Å²) in [5, 5.41) is 25.0. The van der Waals surface area contributed by atoms with Crippen molar-refractivity contribution in [1.29, 1.82) is 0 Å². The summed E-state index contributed by atoms with van der Waals surface area (Å²) in [5.41, 5.74) is 1.68. The summed E-state index contributed by atoms with van der Waals surface area (Å²) in [6, 6.07) is 5.64. The summed E-state index contributed by atoms with van der Waals surface area (Å²) in [6.07, 6.45) is 0. The van der Waals surface area contributed by atoms with E-state index in [-0.39, 0.29) is 18.0 Å². The van der Waals surface area contributed by atoms with Crippen LogP contribution in [0.1, 0.15) is 27.3 Å². The Morgan fingerprint density at radius 3 is 2.64 bits per heavy atom. The van der Waals surface area contributed by atoms with E-state index in [9.17, 15) is 9.59 Å². The highest BCUT2D eigenvalue weighted by Crippen LogP contribution is 2.21. The van der Waals surface area contributed by atoms with E-state index in [4.69, 9.17) is 14.9 Å². The molecule has 0 spiro atoms. The number of carboxylic acids is 2. The Bertz CT molecular complexity index is 723. The van der Waals surface area contributed by atoms with Crippen LogP contribution in [0.25, 0.3) is 0 Å². The van der Waals surface area contributed by atoms with Crippen LogP contribution in [0.15, 0.2) is 18.2 Å². The first-order valence-electron chi connectivity index (χ1n) is 6.46. The van der Waals surface area contributed by atoms with Crippen molar-refractivity contribution in [3.63, 3.8) is 0 Å². The van der Waals surface area contributed by atoms with Crippen LogP contribution in [0.3, 0.4) is 0 Å². The number of ether oxygens (including phenoxy) is 1. The third kappa shape index (κ3) is 3.40. The fourth-order valence-corrected chi connectivity index (χ4v) is 1.91. The molecule has 0 aliphatic rings. The molecule has 0 unspecified atom stereocenters. The summed E-state index contributed by atoms with van der Waals surface area (Å²) in [7, 11) is 0. The first-order chi connectivity index (χ1) is 10.4. The van der Waals surface area contributed by atoms with Crippen LogP contribution in [0, 0.1) is 13.8 Å². The fraction of sp³-hybridized carbons (Fsp3) is 0.286. The molecular weight excluding hydrogens is 290 g/mol. The maximum absolute atomic E-state index is 11.1. The normalized spacial score (nSPS) is 10.5. The number of hydrogen-bond acceptors (Lipinski definition) is 5. The molecule has 1 aromatic carbocycles. The molecule has 0 radical (unpaired) electrons. The van der Waals surface area contributed by atoms with Crippen LogP contribution >= 0.6 is 0 Å². The molecule has 0 aliphatic heterocycles. The average molecular weight is 305 g/mol. The van der Waals surface area contributed by atoms with Gasteiger partial charge in [0.15, 0.2) is 5.69 Å². The van der Waals surface area contributed by atoms with Crippen molar-refractivity contribution in [3.05, 3.63) is 40.7 Å². The van der Waals surface area contributed by atoms with E-state index < -0.39 is 18.5 Å². The van der Waals surface area contributed by atoms with Crippen molar-refractivity contribution >= 4 is 11.9 Å². The van der Waals surface area contributed by atoms with Gasteiger partial charge in [0.25, 0.3) is 0 Å². The summed E-state index contributed by atoms with van der Waals surface area (Å²) >= 11 is 0. The highest BCUT2D eigenvalue weighted by Gasteiger charge is 2.21. The van der Waals surface area contributed by atoms with Crippen LogP contribution in [-0.4, -0.2) is 37.1 Å². The summed E-state index contributed by atoms with van der Waals surface area (Å²) < 4.78 is 6.63. The summed E-state index contributed by atoms with van der Waals surface area (Å²) in [6.45, 7) is 3.16. The van der Waals surface area contributed by atoms with Gasteiger partial charge in [0.1, 0.15) is 24.6 Å². The molecule has 0 saturated carbocycles. The third-order valence-corrected chi connectivity index (χ3v) is 3.03. The molecule has 8 nitrogen and oxygen atoms in total. The van der Waals surface area contributed by atoms with Crippen molar-refractivity contribution in [1.82, 2.24) is 15.0 Å². The minimum absolute atomic E-state index is 0.107.